The van der Waals surface area contributed by atoms with Crippen molar-refractivity contribution in [3.05, 3.63) is 188 Å². The van der Waals surface area contributed by atoms with Crippen LogP contribution >= 0.6 is 0 Å². The van der Waals surface area contributed by atoms with Gasteiger partial charge in [-0.1, -0.05) is 146 Å². The van der Waals surface area contributed by atoms with Gasteiger partial charge in [0.25, 0.3) is 0 Å². The number of hydrogen-bond donors (Lipinski definition) is 0. The molecule has 0 fully saturated rings. The van der Waals surface area contributed by atoms with Gasteiger partial charge in [0.1, 0.15) is 0 Å². The molecule has 0 aliphatic rings. The van der Waals surface area contributed by atoms with Crippen molar-refractivity contribution in [1.82, 2.24) is 0 Å². The Morgan fingerprint density at radius 2 is 0.727 bits per heavy atom. The largest absolute Gasteiger partial charge is 0.310 e. The molecule has 1 heteroatoms. The highest BCUT2D eigenvalue weighted by Gasteiger charge is 2.18. The summed E-state index contributed by atoms with van der Waals surface area (Å²) in [6.07, 6.45) is 0. The van der Waals surface area contributed by atoms with Gasteiger partial charge in [-0.05, 0) is 87.8 Å². The van der Waals surface area contributed by atoms with E-state index in [1.165, 1.54) is 50.1 Å². The molecule has 0 N–H and O–H groups in total. The van der Waals surface area contributed by atoms with Gasteiger partial charge in [-0.3, -0.25) is 0 Å². The minimum Gasteiger partial charge on any atom is -0.310 e. The van der Waals surface area contributed by atoms with Gasteiger partial charge in [0, 0.05) is 16.9 Å². The van der Waals surface area contributed by atoms with Crippen molar-refractivity contribution in [2.75, 3.05) is 4.90 Å². The Labute approximate surface area is 260 Å². The van der Waals surface area contributed by atoms with Gasteiger partial charge in [0.15, 0.2) is 0 Å². The summed E-state index contributed by atoms with van der Waals surface area (Å²) < 4.78 is 0. The summed E-state index contributed by atoms with van der Waals surface area (Å²) in [6, 6.07) is 65.1. The van der Waals surface area contributed by atoms with Gasteiger partial charge in [-0.15, -0.1) is 0 Å². The summed E-state index contributed by atoms with van der Waals surface area (Å²) in [6.45, 7) is 2.18. The number of anilines is 3. The zero-order valence-electron chi connectivity index (χ0n) is 24.8. The van der Waals surface area contributed by atoms with Crippen molar-refractivity contribution in [2.45, 2.75) is 6.92 Å². The van der Waals surface area contributed by atoms with E-state index in [0.29, 0.717) is 0 Å². The van der Waals surface area contributed by atoms with E-state index in [1.807, 2.05) is 0 Å². The third-order valence-corrected chi connectivity index (χ3v) is 8.24. The van der Waals surface area contributed by atoms with E-state index < -0.39 is 0 Å². The lowest BCUT2D eigenvalue weighted by Crippen LogP contribution is -2.11. The number of para-hydroxylation sites is 1. The van der Waals surface area contributed by atoms with Crippen LogP contribution in [0.2, 0.25) is 0 Å². The zero-order chi connectivity index (χ0) is 29.7. The van der Waals surface area contributed by atoms with E-state index in [9.17, 15) is 0 Å². The van der Waals surface area contributed by atoms with Crippen LogP contribution in [0.3, 0.4) is 0 Å². The fraction of sp³-hybridized carbons (Fsp3) is 0.0233. The van der Waals surface area contributed by atoms with E-state index in [4.69, 9.17) is 0 Å². The summed E-state index contributed by atoms with van der Waals surface area (Å²) in [5, 5.41) is 0. The molecule has 1 nitrogen and oxygen atoms in total. The maximum atomic E-state index is 2.37. The smallest absolute Gasteiger partial charge is 0.0540 e. The molecule has 0 saturated carbocycles. The second-order valence-corrected chi connectivity index (χ2v) is 11.1. The number of rotatable bonds is 7. The van der Waals surface area contributed by atoms with E-state index in [1.54, 1.807) is 0 Å². The lowest BCUT2D eigenvalue weighted by molar-refractivity contribution is 1.28. The zero-order valence-corrected chi connectivity index (χ0v) is 24.8. The number of benzene rings is 7. The average molecular weight is 564 g/mol. The quantitative estimate of drug-likeness (QED) is 0.186. The van der Waals surface area contributed by atoms with Gasteiger partial charge in [0.2, 0.25) is 0 Å². The molecule has 7 aromatic carbocycles. The molecule has 0 saturated heterocycles. The van der Waals surface area contributed by atoms with Crippen LogP contribution in [0.15, 0.2) is 182 Å². The standard InChI is InChI=1S/C43H33N/c1-32-13-8-9-20-41(32)37-18-12-19-38(31-37)42-21-10-11-22-43(42)44(39-27-23-35(24-28-39)33-14-4-2-5-15-33)40-29-25-36(26-30-40)34-16-6-3-7-17-34/h2-31H,1H3. The maximum Gasteiger partial charge on any atom is 0.0540 e. The second kappa shape index (κ2) is 12.3. The van der Waals surface area contributed by atoms with E-state index >= 15 is 0 Å². The number of nitrogens with zero attached hydrogens (tertiary/aromatic N) is 1. The third kappa shape index (κ3) is 5.56. The van der Waals surface area contributed by atoms with Crippen molar-refractivity contribution in [3.8, 4) is 44.5 Å². The van der Waals surface area contributed by atoms with Crippen molar-refractivity contribution in [1.29, 1.82) is 0 Å². The van der Waals surface area contributed by atoms with Crippen molar-refractivity contribution in [2.24, 2.45) is 0 Å². The first-order chi connectivity index (χ1) is 21.7. The molecule has 0 aliphatic heterocycles. The lowest BCUT2D eigenvalue weighted by Gasteiger charge is -2.28. The van der Waals surface area contributed by atoms with Crippen LogP contribution in [0.1, 0.15) is 5.56 Å². The lowest BCUT2D eigenvalue weighted by atomic mass is 9.95. The number of aryl methyl sites for hydroxylation is 1. The molecule has 0 atom stereocenters. The minimum absolute atomic E-state index is 1.11. The van der Waals surface area contributed by atoms with E-state index in [2.05, 4.69) is 194 Å². The topological polar surface area (TPSA) is 3.24 Å². The Bertz CT molecular complexity index is 1910. The van der Waals surface area contributed by atoms with Gasteiger partial charge < -0.3 is 4.90 Å². The SMILES string of the molecule is Cc1ccccc1-c1cccc(-c2ccccc2N(c2ccc(-c3ccccc3)cc2)c2ccc(-c3ccccc3)cc2)c1. The van der Waals surface area contributed by atoms with Gasteiger partial charge in [-0.2, -0.15) is 0 Å². The second-order valence-electron chi connectivity index (χ2n) is 11.1. The van der Waals surface area contributed by atoms with Crippen LogP contribution in [0.25, 0.3) is 44.5 Å². The molecular weight excluding hydrogens is 530 g/mol. The molecular formula is C43H33N. The van der Waals surface area contributed by atoms with E-state index in [0.717, 1.165) is 17.1 Å². The van der Waals surface area contributed by atoms with Crippen LogP contribution in [0.5, 0.6) is 0 Å². The molecule has 0 amide bonds. The average Bonchev–Trinajstić information content (AvgIpc) is 3.10. The summed E-state index contributed by atoms with van der Waals surface area (Å²) in [5.74, 6) is 0. The number of hydrogen-bond acceptors (Lipinski definition) is 1. The summed E-state index contributed by atoms with van der Waals surface area (Å²) in [5.41, 5.74) is 14.3. The Hall–Kier alpha value is -5.66. The van der Waals surface area contributed by atoms with Crippen LogP contribution in [0, 0.1) is 6.92 Å². The van der Waals surface area contributed by atoms with Crippen LogP contribution in [0.4, 0.5) is 17.1 Å². The minimum atomic E-state index is 1.11. The van der Waals surface area contributed by atoms with Crippen molar-refractivity contribution >= 4 is 17.1 Å². The Morgan fingerprint density at radius 3 is 1.27 bits per heavy atom. The normalized spacial score (nSPS) is 10.8. The highest BCUT2D eigenvalue weighted by molar-refractivity contribution is 5.90. The highest BCUT2D eigenvalue weighted by Crippen LogP contribution is 2.42. The maximum absolute atomic E-state index is 2.37. The molecule has 7 rings (SSSR count). The molecule has 0 radical (unpaired) electrons. The summed E-state index contributed by atoms with van der Waals surface area (Å²) in [7, 11) is 0. The fourth-order valence-corrected chi connectivity index (χ4v) is 5.96. The Morgan fingerprint density at radius 1 is 0.318 bits per heavy atom. The molecule has 7 aromatic rings. The molecule has 0 heterocycles. The van der Waals surface area contributed by atoms with Gasteiger partial charge in [-0.25, -0.2) is 0 Å². The highest BCUT2D eigenvalue weighted by atomic mass is 15.1. The molecule has 0 bridgehead atoms. The first-order valence-electron chi connectivity index (χ1n) is 15.1. The molecule has 210 valence electrons. The molecule has 0 unspecified atom stereocenters. The van der Waals surface area contributed by atoms with Gasteiger partial charge in [0.05, 0.1) is 5.69 Å². The first-order valence-corrected chi connectivity index (χ1v) is 15.1. The molecule has 0 aliphatic carbocycles. The predicted molar refractivity (Wildman–Crippen MR) is 188 cm³/mol. The van der Waals surface area contributed by atoms with Crippen LogP contribution in [-0.2, 0) is 0 Å². The summed E-state index contributed by atoms with van der Waals surface area (Å²) in [4.78, 5) is 2.37. The van der Waals surface area contributed by atoms with Crippen LogP contribution in [-0.4, -0.2) is 0 Å². The monoisotopic (exact) mass is 563 g/mol. The third-order valence-electron chi connectivity index (χ3n) is 8.24. The van der Waals surface area contributed by atoms with Crippen molar-refractivity contribution in [3.63, 3.8) is 0 Å². The first kappa shape index (κ1) is 27.2. The molecule has 44 heavy (non-hydrogen) atoms. The Balaban J connectivity index is 1.35. The van der Waals surface area contributed by atoms with Crippen LogP contribution < -0.4 is 4.90 Å². The predicted octanol–water partition coefficient (Wildman–Crippen LogP) is 12.1. The van der Waals surface area contributed by atoms with E-state index in [-0.39, 0.29) is 0 Å². The Kier molecular flexibility index (Phi) is 7.60. The fourth-order valence-electron chi connectivity index (χ4n) is 5.96. The van der Waals surface area contributed by atoms with Gasteiger partial charge >= 0.3 is 0 Å². The molecule has 0 aromatic heterocycles. The molecule has 0 spiro atoms. The summed E-state index contributed by atoms with van der Waals surface area (Å²) >= 11 is 0. The van der Waals surface area contributed by atoms with Crippen molar-refractivity contribution < 1.29 is 0 Å².